The third-order valence-corrected chi connectivity index (χ3v) is 4.14. The van der Waals surface area contributed by atoms with E-state index in [0.29, 0.717) is 11.3 Å². The lowest BCUT2D eigenvalue weighted by Crippen LogP contribution is -2.25. The van der Waals surface area contributed by atoms with Crippen molar-refractivity contribution < 1.29 is 14.3 Å². The van der Waals surface area contributed by atoms with Gasteiger partial charge >= 0.3 is 5.97 Å². The summed E-state index contributed by atoms with van der Waals surface area (Å²) >= 11 is 0. The van der Waals surface area contributed by atoms with Crippen molar-refractivity contribution in [2.45, 2.75) is 44.6 Å². The third kappa shape index (κ3) is 2.58. The van der Waals surface area contributed by atoms with Crippen molar-refractivity contribution in [3.05, 3.63) is 35.4 Å². The number of methoxy groups -OCH3 is 1. The molecule has 20 heavy (non-hydrogen) atoms. The molecule has 0 atom stereocenters. The number of carbonyl (C=O) groups is 1. The second-order valence-corrected chi connectivity index (χ2v) is 5.49. The molecule has 0 spiro atoms. The first-order valence-corrected chi connectivity index (χ1v) is 7.36. The Balaban J connectivity index is 1.91. The molecule has 1 aromatic rings. The van der Waals surface area contributed by atoms with Gasteiger partial charge in [-0.15, -0.1) is 0 Å². The number of allylic oxidation sites excluding steroid dienone is 2. The van der Waals surface area contributed by atoms with Crippen LogP contribution in [0.3, 0.4) is 0 Å². The maximum absolute atomic E-state index is 11.8. The summed E-state index contributed by atoms with van der Waals surface area (Å²) in [4.78, 5) is 11.8. The highest BCUT2D eigenvalue weighted by Gasteiger charge is 2.23. The van der Waals surface area contributed by atoms with Gasteiger partial charge in [-0.25, -0.2) is 4.79 Å². The third-order valence-electron chi connectivity index (χ3n) is 4.14. The minimum atomic E-state index is -0.328. The lowest BCUT2D eigenvalue weighted by Gasteiger charge is -2.27. The Morgan fingerprint density at radius 2 is 2.10 bits per heavy atom. The van der Waals surface area contributed by atoms with E-state index in [1.807, 2.05) is 18.2 Å². The average Bonchev–Trinajstić information content (AvgIpc) is 2.96. The monoisotopic (exact) mass is 272 g/mol. The van der Waals surface area contributed by atoms with Crippen LogP contribution in [-0.2, 0) is 4.74 Å². The Morgan fingerprint density at radius 3 is 2.70 bits per heavy atom. The first-order chi connectivity index (χ1) is 9.78. The zero-order valence-corrected chi connectivity index (χ0v) is 11.9. The maximum Gasteiger partial charge on any atom is 0.341 e. The molecule has 0 bridgehead atoms. The fourth-order valence-electron chi connectivity index (χ4n) is 2.70. The van der Waals surface area contributed by atoms with Crippen molar-refractivity contribution >= 4 is 11.5 Å². The van der Waals surface area contributed by atoms with Crippen molar-refractivity contribution in [3.8, 4) is 5.75 Å². The summed E-state index contributed by atoms with van der Waals surface area (Å²) in [5.41, 5.74) is 3.06. The van der Waals surface area contributed by atoms with Gasteiger partial charge in [-0.3, -0.25) is 0 Å². The Hall–Kier alpha value is -1.77. The normalized spacial score (nSPS) is 18.4. The zero-order valence-electron chi connectivity index (χ0n) is 11.9. The van der Waals surface area contributed by atoms with Crippen LogP contribution >= 0.6 is 0 Å². The number of rotatable bonds is 4. The van der Waals surface area contributed by atoms with Crippen LogP contribution in [0.5, 0.6) is 5.75 Å². The van der Waals surface area contributed by atoms with Gasteiger partial charge in [0.1, 0.15) is 11.3 Å². The first kappa shape index (κ1) is 13.2. The predicted molar refractivity (Wildman–Crippen MR) is 77.9 cm³/mol. The Morgan fingerprint density at radius 1 is 1.25 bits per heavy atom. The van der Waals surface area contributed by atoms with E-state index < -0.39 is 0 Å². The van der Waals surface area contributed by atoms with Crippen LogP contribution in [-0.4, -0.2) is 19.2 Å². The summed E-state index contributed by atoms with van der Waals surface area (Å²) in [6.45, 7) is 0. The standard InChI is InChI=1S/C17H20O3/c1-19-17(18)15-10-9-13(12-5-2-3-6-12)11-16(15)20-14-7-4-8-14/h5,9-11,14H,2-4,6-8H2,1H3. The van der Waals surface area contributed by atoms with E-state index >= 15 is 0 Å². The highest BCUT2D eigenvalue weighted by Crippen LogP contribution is 2.34. The van der Waals surface area contributed by atoms with Crippen molar-refractivity contribution in [2.24, 2.45) is 0 Å². The summed E-state index contributed by atoms with van der Waals surface area (Å²) in [6.07, 6.45) is 9.37. The molecule has 3 heteroatoms. The van der Waals surface area contributed by atoms with Crippen LogP contribution in [0.25, 0.3) is 5.57 Å². The molecule has 0 unspecified atom stereocenters. The van der Waals surface area contributed by atoms with Crippen molar-refractivity contribution in [1.29, 1.82) is 0 Å². The maximum atomic E-state index is 11.8. The van der Waals surface area contributed by atoms with Crippen molar-refractivity contribution in [1.82, 2.24) is 0 Å². The van der Waals surface area contributed by atoms with Gasteiger partial charge in [-0.1, -0.05) is 12.1 Å². The molecule has 1 saturated carbocycles. The summed E-state index contributed by atoms with van der Waals surface area (Å²) < 4.78 is 10.8. The zero-order chi connectivity index (χ0) is 13.9. The van der Waals surface area contributed by atoms with Crippen molar-refractivity contribution in [2.75, 3.05) is 7.11 Å². The van der Waals surface area contributed by atoms with Crippen LogP contribution in [0.1, 0.15) is 54.4 Å². The number of benzene rings is 1. The van der Waals surface area contributed by atoms with Crippen LogP contribution < -0.4 is 4.74 Å². The molecule has 3 rings (SSSR count). The van der Waals surface area contributed by atoms with Crippen LogP contribution in [0.2, 0.25) is 0 Å². The van der Waals surface area contributed by atoms with Gasteiger partial charge in [0.15, 0.2) is 0 Å². The molecule has 1 aromatic carbocycles. The molecule has 1 fully saturated rings. The highest BCUT2D eigenvalue weighted by molar-refractivity contribution is 5.93. The molecule has 0 aliphatic heterocycles. The van der Waals surface area contributed by atoms with E-state index in [4.69, 9.17) is 9.47 Å². The van der Waals surface area contributed by atoms with Gasteiger partial charge in [0, 0.05) is 0 Å². The van der Waals surface area contributed by atoms with E-state index in [1.54, 1.807) is 0 Å². The van der Waals surface area contributed by atoms with E-state index in [-0.39, 0.29) is 12.1 Å². The quantitative estimate of drug-likeness (QED) is 0.778. The van der Waals surface area contributed by atoms with Gasteiger partial charge in [0.2, 0.25) is 0 Å². The van der Waals surface area contributed by atoms with Gasteiger partial charge in [-0.05, 0) is 61.8 Å². The van der Waals surface area contributed by atoms with Crippen molar-refractivity contribution in [3.63, 3.8) is 0 Å². The van der Waals surface area contributed by atoms with Crippen LogP contribution in [0, 0.1) is 0 Å². The SMILES string of the molecule is COC(=O)c1ccc(C2=CCCC2)cc1OC1CCC1. The minimum absolute atomic E-state index is 0.256. The highest BCUT2D eigenvalue weighted by atomic mass is 16.5. The van der Waals surface area contributed by atoms with Crippen LogP contribution in [0.15, 0.2) is 24.3 Å². The van der Waals surface area contributed by atoms with E-state index in [2.05, 4.69) is 6.08 Å². The molecular formula is C17H20O3. The van der Waals surface area contributed by atoms with E-state index in [1.165, 1.54) is 31.1 Å². The topological polar surface area (TPSA) is 35.5 Å². The summed E-state index contributed by atoms with van der Waals surface area (Å²) in [5, 5.41) is 0. The average molecular weight is 272 g/mol. The molecule has 0 heterocycles. The summed E-state index contributed by atoms with van der Waals surface area (Å²) in [7, 11) is 1.41. The predicted octanol–water partition coefficient (Wildman–Crippen LogP) is 3.97. The second kappa shape index (κ2) is 5.70. The summed E-state index contributed by atoms with van der Waals surface area (Å²) in [6, 6.07) is 5.83. The van der Waals surface area contributed by atoms with E-state index in [9.17, 15) is 4.79 Å². The number of hydrogen-bond acceptors (Lipinski definition) is 3. The summed E-state index contributed by atoms with van der Waals surface area (Å²) in [5.74, 6) is 0.345. The molecule has 0 aromatic heterocycles. The first-order valence-electron chi connectivity index (χ1n) is 7.36. The van der Waals surface area contributed by atoms with Gasteiger partial charge < -0.3 is 9.47 Å². The van der Waals surface area contributed by atoms with Gasteiger partial charge in [-0.2, -0.15) is 0 Å². The molecule has 0 N–H and O–H groups in total. The fourth-order valence-corrected chi connectivity index (χ4v) is 2.70. The molecule has 0 saturated heterocycles. The lowest BCUT2D eigenvalue weighted by molar-refractivity contribution is 0.0585. The number of hydrogen-bond donors (Lipinski definition) is 0. The molecule has 0 radical (unpaired) electrons. The fraction of sp³-hybridized carbons (Fsp3) is 0.471. The lowest BCUT2D eigenvalue weighted by atomic mass is 9.96. The molecule has 106 valence electrons. The minimum Gasteiger partial charge on any atom is -0.490 e. The van der Waals surface area contributed by atoms with Crippen LogP contribution in [0.4, 0.5) is 0 Å². The Labute approximate surface area is 119 Å². The smallest absolute Gasteiger partial charge is 0.341 e. The second-order valence-electron chi connectivity index (χ2n) is 5.49. The molecular weight excluding hydrogens is 252 g/mol. The Kier molecular flexibility index (Phi) is 3.77. The molecule has 0 amide bonds. The largest absolute Gasteiger partial charge is 0.490 e. The number of esters is 1. The molecule has 3 nitrogen and oxygen atoms in total. The Bertz CT molecular complexity index is 541. The van der Waals surface area contributed by atoms with Gasteiger partial charge in [0.25, 0.3) is 0 Å². The molecule has 2 aliphatic rings. The number of ether oxygens (including phenoxy) is 2. The van der Waals surface area contributed by atoms with Gasteiger partial charge in [0.05, 0.1) is 13.2 Å². The number of carbonyl (C=O) groups excluding carboxylic acids is 1. The molecule has 2 aliphatic carbocycles. The van der Waals surface area contributed by atoms with E-state index in [0.717, 1.165) is 25.7 Å².